The number of aliphatic hydroxyl groups is 1. The molecule has 1 amide bonds. The lowest BCUT2D eigenvalue weighted by molar-refractivity contribution is -0.183. The minimum absolute atomic E-state index is 0.0276. The molecule has 138 valence electrons. The maximum Gasteiger partial charge on any atom is 0.229 e. The Morgan fingerprint density at radius 2 is 2.00 bits per heavy atom. The summed E-state index contributed by atoms with van der Waals surface area (Å²) in [5, 5.41) is 9.36. The fourth-order valence-electron chi connectivity index (χ4n) is 2.49. The largest absolute Gasteiger partial charge is 0.396 e. The van der Waals surface area contributed by atoms with E-state index in [9.17, 15) is 9.90 Å². The van der Waals surface area contributed by atoms with Crippen LogP contribution >= 0.6 is 24.4 Å². The zero-order valence-electron chi connectivity index (χ0n) is 15.4. The molecule has 4 nitrogen and oxygen atoms in total. The summed E-state index contributed by atoms with van der Waals surface area (Å²) in [6, 6.07) is 0. The van der Waals surface area contributed by atoms with E-state index in [0.717, 1.165) is 36.5 Å². The topological polar surface area (TPSA) is 49.8 Å². The summed E-state index contributed by atoms with van der Waals surface area (Å²) in [5.74, 6) is 2.85. The van der Waals surface area contributed by atoms with Gasteiger partial charge in [0.1, 0.15) is 5.72 Å². The molecule has 0 spiro atoms. The summed E-state index contributed by atoms with van der Waals surface area (Å²) >= 11 is 6.11. The number of amides is 1. The molecule has 0 heterocycles. The molecule has 0 bridgehead atoms. The molecule has 0 aromatic carbocycles. The fraction of sp³-hybridized carbons (Fsp3) is 0.941. The van der Waals surface area contributed by atoms with E-state index in [1.165, 1.54) is 0 Å². The second-order valence-electron chi connectivity index (χ2n) is 6.18. The van der Waals surface area contributed by atoms with E-state index < -0.39 is 11.6 Å². The van der Waals surface area contributed by atoms with Gasteiger partial charge in [-0.3, -0.25) is 4.79 Å². The highest BCUT2D eigenvalue weighted by molar-refractivity contribution is 7.99. The Morgan fingerprint density at radius 3 is 2.48 bits per heavy atom. The van der Waals surface area contributed by atoms with E-state index in [2.05, 4.69) is 26.5 Å². The standard InChI is InChI=1S/C17H35NO3S2/c1-6-15(3)17(4,21-5)18(16(20)14(2)13-19)9-7-8-11-23-12-10-22/h14-15,19,22H,6-13H2,1-5H3/t14?,15-,17?/m0/s1. The quantitative estimate of drug-likeness (QED) is 0.299. The fourth-order valence-corrected chi connectivity index (χ4v) is 3.62. The number of nitrogens with zero attached hydrogens (tertiary/aromatic N) is 1. The number of hydrogen-bond acceptors (Lipinski definition) is 5. The van der Waals surface area contributed by atoms with Gasteiger partial charge in [0, 0.05) is 25.3 Å². The van der Waals surface area contributed by atoms with Crippen LogP contribution in [-0.2, 0) is 9.53 Å². The molecule has 0 fully saturated rings. The third kappa shape index (κ3) is 7.24. The predicted octanol–water partition coefficient (Wildman–Crippen LogP) is 3.30. The molecule has 1 N–H and O–H groups in total. The van der Waals surface area contributed by atoms with E-state index in [4.69, 9.17) is 4.74 Å². The molecule has 0 aliphatic carbocycles. The van der Waals surface area contributed by atoms with Crippen LogP contribution in [-0.4, -0.2) is 59.2 Å². The van der Waals surface area contributed by atoms with E-state index in [1.54, 1.807) is 14.0 Å². The molecule has 0 aromatic heterocycles. The van der Waals surface area contributed by atoms with Gasteiger partial charge in [0.25, 0.3) is 0 Å². The third-order valence-electron chi connectivity index (χ3n) is 4.59. The molecule has 0 radical (unpaired) electrons. The van der Waals surface area contributed by atoms with Gasteiger partial charge in [0.15, 0.2) is 0 Å². The van der Waals surface area contributed by atoms with Gasteiger partial charge in [-0.25, -0.2) is 0 Å². The number of rotatable bonds is 13. The summed E-state index contributed by atoms with van der Waals surface area (Å²) in [7, 11) is 1.67. The highest BCUT2D eigenvalue weighted by Crippen LogP contribution is 2.30. The van der Waals surface area contributed by atoms with Gasteiger partial charge in [-0.05, 0) is 37.7 Å². The van der Waals surface area contributed by atoms with Crippen LogP contribution in [0.5, 0.6) is 0 Å². The first-order chi connectivity index (χ1) is 10.9. The van der Waals surface area contributed by atoms with Crippen molar-refractivity contribution in [2.24, 2.45) is 11.8 Å². The Bertz CT molecular complexity index is 331. The van der Waals surface area contributed by atoms with Crippen molar-refractivity contribution in [3.8, 4) is 0 Å². The number of carbonyl (C=O) groups excluding carboxylic acids is 1. The highest BCUT2D eigenvalue weighted by atomic mass is 32.2. The molecule has 0 aliphatic rings. The molecular formula is C17H35NO3S2. The molecule has 0 saturated heterocycles. The molecular weight excluding hydrogens is 330 g/mol. The van der Waals surface area contributed by atoms with Crippen LogP contribution < -0.4 is 0 Å². The first-order valence-corrected chi connectivity index (χ1v) is 10.3. The summed E-state index contributed by atoms with van der Waals surface area (Å²) in [5.41, 5.74) is -0.631. The van der Waals surface area contributed by atoms with Crippen molar-refractivity contribution in [2.75, 3.05) is 37.5 Å². The van der Waals surface area contributed by atoms with Crippen LogP contribution in [0.4, 0.5) is 0 Å². The van der Waals surface area contributed by atoms with Gasteiger partial charge in [-0.2, -0.15) is 24.4 Å². The predicted molar refractivity (Wildman–Crippen MR) is 103 cm³/mol. The Balaban J connectivity index is 4.91. The van der Waals surface area contributed by atoms with Crippen molar-refractivity contribution in [2.45, 2.75) is 52.7 Å². The lowest BCUT2D eigenvalue weighted by Crippen LogP contribution is -2.57. The molecule has 6 heteroatoms. The van der Waals surface area contributed by atoms with Gasteiger partial charge in [0.2, 0.25) is 5.91 Å². The van der Waals surface area contributed by atoms with Gasteiger partial charge in [0.05, 0.1) is 12.5 Å². The van der Waals surface area contributed by atoms with E-state index in [-0.39, 0.29) is 18.4 Å². The zero-order valence-corrected chi connectivity index (χ0v) is 17.1. The maximum absolute atomic E-state index is 12.7. The van der Waals surface area contributed by atoms with Crippen molar-refractivity contribution in [3.63, 3.8) is 0 Å². The summed E-state index contributed by atoms with van der Waals surface area (Å²) in [6.45, 7) is 8.50. The van der Waals surface area contributed by atoms with Crippen molar-refractivity contribution in [3.05, 3.63) is 0 Å². The molecule has 0 aliphatic heterocycles. The number of unbranched alkanes of at least 4 members (excludes halogenated alkanes) is 1. The summed E-state index contributed by atoms with van der Waals surface area (Å²) in [4.78, 5) is 14.6. The molecule has 0 rings (SSSR count). The van der Waals surface area contributed by atoms with Crippen LogP contribution in [0, 0.1) is 11.8 Å². The highest BCUT2D eigenvalue weighted by Gasteiger charge is 2.40. The monoisotopic (exact) mass is 365 g/mol. The van der Waals surface area contributed by atoms with Crippen LogP contribution in [0.25, 0.3) is 0 Å². The number of hydrogen-bond donors (Lipinski definition) is 2. The second kappa shape index (κ2) is 12.5. The van der Waals surface area contributed by atoms with Crippen molar-refractivity contribution < 1.29 is 14.6 Å². The van der Waals surface area contributed by atoms with Crippen LogP contribution in [0.15, 0.2) is 0 Å². The average molecular weight is 366 g/mol. The van der Waals surface area contributed by atoms with E-state index in [0.29, 0.717) is 6.54 Å². The number of thiol groups is 1. The maximum atomic E-state index is 12.7. The lowest BCUT2D eigenvalue weighted by atomic mass is 9.93. The number of methoxy groups -OCH3 is 1. The SMILES string of the molecule is CC[C@H](C)C(C)(OC)N(CCCCSCCS)C(=O)C(C)CO. The van der Waals surface area contributed by atoms with Crippen molar-refractivity contribution in [1.82, 2.24) is 4.90 Å². The van der Waals surface area contributed by atoms with Gasteiger partial charge in [-0.15, -0.1) is 0 Å². The minimum atomic E-state index is -0.631. The van der Waals surface area contributed by atoms with Crippen LogP contribution in [0.2, 0.25) is 0 Å². The Kier molecular flexibility index (Phi) is 12.5. The van der Waals surface area contributed by atoms with Crippen LogP contribution in [0.1, 0.15) is 47.0 Å². The normalized spacial score (nSPS) is 16.7. The molecule has 3 atom stereocenters. The number of carbonyl (C=O) groups is 1. The van der Waals surface area contributed by atoms with Crippen molar-refractivity contribution in [1.29, 1.82) is 0 Å². The first-order valence-electron chi connectivity index (χ1n) is 8.55. The second-order valence-corrected chi connectivity index (χ2v) is 7.86. The van der Waals surface area contributed by atoms with E-state index >= 15 is 0 Å². The minimum Gasteiger partial charge on any atom is -0.396 e. The average Bonchev–Trinajstić information content (AvgIpc) is 2.58. The van der Waals surface area contributed by atoms with E-state index in [1.807, 2.05) is 23.6 Å². The molecule has 2 unspecified atom stereocenters. The Hall–Kier alpha value is 0.0900. The molecule has 0 saturated carbocycles. The Morgan fingerprint density at radius 1 is 1.35 bits per heavy atom. The van der Waals surface area contributed by atoms with Gasteiger partial charge >= 0.3 is 0 Å². The summed E-state index contributed by atoms with van der Waals surface area (Å²) < 4.78 is 5.77. The molecule has 0 aromatic rings. The number of aliphatic hydroxyl groups excluding tert-OH is 1. The van der Waals surface area contributed by atoms with Crippen LogP contribution in [0.3, 0.4) is 0 Å². The lowest BCUT2D eigenvalue weighted by Gasteiger charge is -2.45. The number of ether oxygens (including phenoxy) is 1. The smallest absolute Gasteiger partial charge is 0.229 e. The summed E-state index contributed by atoms with van der Waals surface area (Å²) in [6.07, 6.45) is 2.94. The third-order valence-corrected chi connectivity index (χ3v) is 6.19. The molecule has 23 heavy (non-hydrogen) atoms. The van der Waals surface area contributed by atoms with Gasteiger partial charge in [-0.1, -0.05) is 20.8 Å². The zero-order chi connectivity index (χ0) is 17.9. The number of thioether (sulfide) groups is 1. The first kappa shape index (κ1) is 23.1. The Labute approximate surface area is 152 Å². The van der Waals surface area contributed by atoms with Gasteiger partial charge < -0.3 is 14.7 Å². The van der Waals surface area contributed by atoms with Crippen molar-refractivity contribution >= 4 is 30.3 Å².